The molecule has 164 valence electrons. The van der Waals surface area contributed by atoms with Crippen LogP contribution in [0.3, 0.4) is 0 Å². The minimum Gasteiger partial charge on any atom is -0.493 e. The Kier molecular flexibility index (Phi) is 6.14. The molecule has 6 heteroatoms. The van der Waals surface area contributed by atoms with E-state index in [1.54, 1.807) is 7.05 Å². The van der Waals surface area contributed by atoms with Gasteiger partial charge in [0.25, 0.3) is 0 Å². The van der Waals surface area contributed by atoms with Gasteiger partial charge in [0.1, 0.15) is 5.75 Å². The van der Waals surface area contributed by atoms with E-state index in [1.165, 1.54) is 22.3 Å². The summed E-state index contributed by atoms with van der Waals surface area (Å²) in [5, 5.41) is 2.73. The third kappa shape index (κ3) is 4.69. The number of hydrogen-bond donors (Lipinski definition) is 1. The number of nitrogens with zero attached hydrogens (tertiary/aromatic N) is 1. The molecule has 0 radical (unpaired) electrons. The number of allylic oxidation sites excluding steroid dienone is 1. The minimum absolute atomic E-state index is 0.0150. The lowest BCUT2D eigenvalue weighted by Crippen LogP contribution is -2.53. The van der Waals surface area contributed by atoms with Crippen molar-refractivity contribution in [2.45, 2.75) is 51.4 Å². The average molecular weight is 419 g/mol. The fourth-order valence-electron chi connectivity index (χ4n) is 4.91. The lowest BCUT2D eigenvalue weighted by molar-refractivity contribution is -0.129. The Morgan fingerprint density at radius 2 is 1.97 bits per heavy atom. The van der Waals surface area contributed by atoms with Gasteiger partial charge in [-0.15, -0.1) is 0 Å². The van der Waals surface area contributed by atoms with Crippen molar-refractivity contribution in [3.8, 4) is 5.75 Å². The molecule has 2 aliphatic carbocycles. The summed E-state index contributed by atoms with van der Waals surface area (Å²) in [5.41, 5.74) is 5.37. The van der Waals surface area contributed by atoms with E-state index < -0.39 is 5.92 Å². The van der Waals surface area contributed by atoms with Gasteiger partial charge < -0.3 is 10.1 Å². The van der Waals surface area contributed by atoms with E-state index in [4.69, 9.17) is 4.74 Å². The number of likely N-dealkylation sites (tertiary alicyclic amines) is 1. The first-order valence-electron chi connectivity index (χ1n) is 11.1. The molecule has 4 nitrogen and oxygen atoms in total. The van der Waals surface area contributed by atoms with E-state index in [-0.39, 0.29) is 30.6 Å². The van der Waals surface area contributed by atoms with Crippen LogP contribution in [0.1, 0.15) is 50.2 Å². The zero-order chi connectivity index (χ0) is 21.3. The second-order valence-electron chi connectivity index (χ2n) is 9.16. The topological polar surface area (TPSA) is 41.6 Å². The summed E-state index contributed by atoms with van der Waals surface area (Å²) in [6.07, 6.45) is 3.07. The normalized spacial score (nSPS) is 22.4. The van der Waals surface area contributed by atoms with Crippen LogP contribution >= 0.6 is 0 Å². The standard InChI is InChI=1S/C24H32F2N2O2/c1-16-19(12-28-13-20(14-28)23(29)27-2)4-3-18-11-21(5-6-22(16)18)30-15-17-7-9-24(25,26)10-8-17/h5-6,11,17,20H,3-4,7-10,12-15H2,1-2H3,(H,27,29). The molecular weight excluding hydrogens is 386 g/mol. The molecule has 1 aliphatic heterocycles. The molecule has 2 fully saturated rings. The molecule has 1 N–H and O–H groups in total. The van der Waals surface area contributed by atoms with Crippen molar-refractivity contribution in [2.24, 2.45) is 11.8 Å². The minimum atomic E-state index is -2.48. The largest absolute Gasteiger partial charge is 0.493 e. The number of carbonyl (C=O) groups is 1. The Morgan fingerprint density at radius 1 is 1.23 bits per heavy atom. The maximum Gasteiger partial charge on any atom is 0.248 e. The molecule has 1 aromatic carbocycles. The number of rotatable bonds is 6. The highest BCUT2D eigenvalue weighted by atomic mass is 19.3. The van der Waals surface area contributed by atoms with E-state index in [2.05, 4.69) is 29.3 Å². The van der Waals surface area contributed by atoms with Gasteiger partial charge in [0.15, 0.2) is 0 Å². The monoisotopic (exact) mass is 418 g/mol. The van der Waals surface area contributed by atoms with E-state index in [0.717, 1.165) is 38.2 Å². The third-order valence-electron chi connectivity index (χ3n) is 7.02. The predicted octanol–water partition coefficient (Wildman–Crippen LogP) is 4.29. The van der Waals surface area contributed by atoms with Crippen molar-refractivity contribution in [1.29, 1.82) is 0 Å². The van der Waals surface area contributed by atoms with Crippen molar-refractivity contribution < 1.29 is 18.3 Å². The second-order valence-corrected chi connectivity index (χ2v) is 9.16. The summed E-state index contributed by atoms with van der Waals surface area (Å²) >= 11 is 0. The number of hydrogen-bond acceptors (Lipinski definition) is 3. The van der Waals surface area contributed by atoms with Crippen LogP contribution in [0.25, 0.3) is 5.57 Å². The van der Waals surface area contributed by atoms with Crippen LogP contribution in [0.15, 0.2) is 23.8 Å². The van der Waals surface area contributed by atoms with E-state index in [0.29, 0.717) is 19.4 Å². The molecule has 1 saturated heterocycles. The summed E-state index contributed by atoms with van der Waals surface area (Å²) in [5.74, 6) is -1.15. The second kappa shape index (κ2) is 8.66. The molecule has 1 saturated carbocycles. The first kappa shape index (κ1) is 21.3. The first-order chi connectivity index (χ1) is 14.3. The molecular formula is C24H32F2N2O2. The number of halogens is 2. The molecule has 0 spiro atoms. The summed E-state index contributed by atoms with van der Waals surface area (Å²) in [4.78, 5) is 14.0. The zero-order valence-electron chi connectivity index (χ0n) is 18.0. The molecule has 3 aliphatic rings. The Morgan fingerprint density at radius 3 is 2.67 bits per heavy atom. The fraction of sp³-hybridized carbons (Fsp3) is 0.625. The van der Waals surface area contributed by atoms with Crippen molar-refractivity contribution in [3.63, 3.8) is 0 Å². The maximum absolute atomic E-state index is 13.3. The van der Waals surface area contributed by atoms with Crippen LogP contribution in [0, 0.1) is 11.8 Å². The summed E-state index contributed by atoms with van der Waals surface area (Å²) in [6.45, 7) is 5.32. The van der Waals surface area contributed by atoms with E-state index >= 15 is 0 Å². The fourth-order valence-corrected chi connectivity index (χ4v) is 4.91. The number of fused-ring (bicyclic) bond motifs is 1. The molecule has 0 bridgehead atoms. The van der Waals surface area contributed by atoms with Gasteiger partial charge in [0.2, 0.25) is 11.8 Å². The van der Waals surface area contributed by atoms with E-state index in [9.17, 15) is 13.6 Å². The molecule has 30 heavy (non-hydrogen) atoms. The van der Waals surface area contributed by atoms with E-state index in [1.807, 2.05) is 6.07 Å². The molecule has 0 atom stereocenters. The summed E-state index contributed by atoms with van der Waals surface area (Å²) in [6, 6.07) is 6.27. The predicted molar refractivity (Wildman–Crippen MR) is 114 cm³/mol. The highest BCUT2D eigenvalue weighted by molar-refractivity contribution is 5.79. The number of aryl methyl sites for hydroxylation is 1. The van der Waals surface area contributed by atoms with Crippen LogP contribution in [0.5, 0.6) is 5.75 Å². The van der Waals surface area contributed by atoms with Crippen molar-refractivity contribution in [3.05, 3.63) is 34.9 Å². The lowest BCUT2D eigenvalue weighted by atomic mass is 9.85. The SMILES string of the molecule is CNC(=O)C1CN(CC2=C(C)c3ccc(OCC4CCC(F)(F)CC4)cc3CC2)C1. The summed E-state index contributed by atoms with van der Waals surface area (Å²) < 4.78 is 32.6. The summed E-state index contributed by atoms with van der Waals surface area (Å²) in [7, 11) is 1.70. The van der Waals surface area contributed by atoms with Gasteiger partial charge in [-0.25, -0.2) is 8.78 Å². The molecule has 1 amide bonds. The molecule has 4 rings (SSSR count). The van der Waals surface area contributed by atoms with Crippen LogP contribution in [0.2, 0.25) is 0 Å². The first-order valence-corrected chi connectivity index (χ1v) is 11.1. The van der Waals surface area contributed by atoms with Crippen molar-refractivity contribution >= 4 is 11.5 Å². The maximum atomic E-state index is 13.3. The Labute approximate surface area is 177 Å². The van der Waals surface area contributed by atoms with Gasteiger partial charge in [-0.2, -0.15) is 0 Å². The molecule has 0 unspecified atom stereocenters. The van der Waals surface area contributed by atoms with Gasteiger partial charge >= 0.3 is 0 Å². The van der Waals surface area contributed by atoms with Crippen LogP contribution < -0.4 is 10.1 Å². The van der Waals surface area contributed by atoms with Gasteiger partial charge in [-0.3, -0.25) is 9.69 Å². The van der Waals surface area contributed by atoms with Gasteiger partial charge in [0, 0.05) is 39.5 Å². The van der Waals surface area contributed by atoms with Gasteiger partial charge in [-0.05, 0) is 67.4 Å². The average Bonchev–Trinajstić information content (AvgIpc) is 2.70. The van der Waals surface area contributed by atoms with Gasteiger partial charge in [-0.1, -0.05) is 11.6 Å². The number of alkyl halides is 2. The Balaban J connectivity index is 1.32. The number of benzene rings is 1. The van der Waals surface area contributed by atoms with Crippen molar-refractivity contribution in [2.75, 3.05) is 33.3 Å². The smallest absolute Gasteiger partial charge is 0.248 e. The van der Waals surface area contributed by atoms with Gasteiger partial charge in [0.05, 0.1) is 12.5 Å². The zero-order valence-corrected chi connectivity index (χ0v) is 18.0. The third-order valence-corrected chi connectivity index (χ3v) is 7.02. The lowest BCUT2D eigenvalue weighted by Gasteiger charge is -2.39. The molecule has 1 aromatic rings. The number of nitrogens with one attached hydrogen (secondary N) is 1. The number of carbonyl (C=O) groups excluding carboxylic acids is 1. The van der Waals surface area contributed by atoms with Crippen molar-refractivity contribution in [1.82, 2.24) is 10.2 Å². The number of amides is 1. The Hall–Kier alpha value is -1.95. The van der Waals surface area contributed by atoms with Crippen LogP contribution in [-0.4, -0.2) is 50.0 Å². The van der Waals surface area contributed by atoms with Crippen LogP contribution in [0.4, 0.5) is 8.78 Å². The Bertz CT molecular complexity index is 820. The highest BCUT2D eigenvalue weighted by Crippen LogP contribution is 2.37. The molecule has 0 aromatic heterocycles. The number of ether oxygens (including phenoxy) is 1. The van der Waals surface area contributed by atoms with Crippen LogP contribution in [-0.2, 0) is 11.2 Å². The highest BCUT2D eigenvalue weighted by Gasteiger charge is 2.35. The quantitative estimate of drug-likeness (QED) is 0.749. The molecule has 1 heterocycles.